The summed E-state index contributed by atoms with van der Waals surface area (Å²) in [7, 11) is 0. The molecule has 0 fully saturated rings. The van der Waals surface area contributed by atoms with Gasteiger partial charge in [-0.2, -0.15) is 0 Å². The van der Waals surface area contributed by atoms with Crippen LogP contribution in [-0.4, -0.2) is 12.1 Å². The molecule has 0 spiro atoms. The van der Waals surface area contributed by atoms with Crippen molar-refractivity contribution in [1.82, 2.24) is 5.32 Å². The van der Waals surface area contributed by atoms with Crippen molar-refractivity contribution in [1.29, 1.82) is 0 Å². The van der Waals surface area contributed by atoms with E-state index in [1.807, 2.05) is 0 Å². The standard InChI is InChI=1S/C10H23N/c1-5-8-10(4,9-6-2)11-7-3/h11H,5-9H2,1-4H3. The predicted octanol–water partition coefficient (Wildman–Crippen LogP) is 2.95. The largest absolute Gasteiger partial charge is 0.312 e. The summed E-state index contributed by atoms with van der Waals surface area (Å²) in [5, 5.41) is 3.56. The molecule has 68 valence electrons. The molecule has 0 rings (SSSR count). The molecule has 0 aliphatic rings. The highest BCUT2D eigenvalue weighted by Gasteiger charge is 2.19. The first kappa shape index (κ1) is 11.0. The van der Waals surface area contributed by atoms with Gasteiger partial charge in [-0.05, 0) is 26.3 Å². The van der Waals surface area contributed by atoms with Gasteiger partial charge in [-0.15, -0.1) is 0 Å². The SMILES string of the molecule is CCCC(C)(CCC)NCC. The molecule has 0 saturated heterocycles. The van der Waals surface area contributed by atoms with Crippen molar-refractivity contribution in [2.45, 2.75) is 58.9 Å². The average Bonchev–Trinajstić information content (AvgIpc) is 1.88. The lowest BCUT2D eigenvalue weighted by Gasteiger charge is -2.30. The van der Waals surface area contributed by atoms with Gasteiger partial charge in [0.2, 0.25) is 0 Å². The Labute approximate surface area is 71.6 Å². The number of hydrogen-bond donors (Lipinski definition) is 1. The molecule has 0 aromatic rings. The molecular formula is C10H23N. The van der Waals surface area contributed by atoms with Crippen LogP contribution in [0.4, 0.5) is 0 Å². The van der Waals surface area contributed by atoms with Crippen LogP contribution in [0.1, 0.15) is 53.4 Å². The monoisotopic (exact) mass is 157 g/mol. The van der Waals surface area contributed by atoms with E-state index in [0.29, 0.717) is 5.54 Å². The average molecular weight is 157 g/mol. The summed E-state index contributed by atoms with van der Waals surface area (Å²) >= 11 is 0. The minimum absolute atomic E-state index is 0.401. The van der Waals surface area contributed by atoms with Crippen LogP contribution in [0.2, 0.25) is 0 Å². The molecule has 1 nitrogen and oxygen atoms in total. The topological polar surface area (TPSA) is 12.0 Å². The van der Waals surface area contributed by atoms with E-state index < -0.39 is 0 Å². The van der Waals surface area contributed by atoms with Gasteiger partial charge in [-0.1, -0.05) is 33.6 Å². The predicted molar refractivity (Wildman–Crippen MR) is 51.9 cm³/mol. The summed E-state index contributed by atoms with van der Waals surface area (Å²) < 4.78 is 0. The Morgan fingerprint density at radius 2 is 1.45 bits per heavy atom. The summed E-state index contributed by atoms with van der Waals surface area (Å²) in [6.07, 6.45) is 5.16. The third-order valence-corrected chi connectivity index (χ3v) is 2.21. The van der Waals surface area contributed by atoms with Gasteiger partial charge in [0, 0.05) is 5.54 Å². The van der Waals surface area contributed by atoms with E-state index in [2.05, 4.69) is 33.0 Å². The number of hydrogen-bond acceptors (Lipinski definition) is 1. The Hall–Kier alpha value is -0.0400. The highest BCUT2D eigenvalue weighted by Crippen LogP contribution is 2.18. The van der Waals surface area contributed by atoms with Crippen molar-refractivity contribution in [3.8, 4) is 0 Å². The highest BCUT2D eigenvalue weighted by molar-refractivity contribution is 4.81. The van der Waals surface area contributed by atoms with E-state index in [1.165, 1.54) is 25.7 Å². The molecule has 0 heterocycles. The molecule has 11 heavy (non-hydrogen) atoms. The molecule has 0 atom stereocenters. The Bertz CT molecular complexity index is 71.9. The molecule has 0 bridgehead atoms. The number of rotatable bonds is 6. The van der Waals surface area contributed by atoms with Gasteiger partial charge in [0.15, 0.2) is 0 Å². The Morgan fingerprint density at radius 3 is 1.73 bits per heavy atom. The zero-order chi connectivity index (χ0) is 8.74. The third-order valence-electron chi connectivity index (χ3n) is 2.21. The van der Waals surface area contributed by atoms with E-state index in [4.69, 9.17) is 0 Å². The number of nitrogens with one attached hydrogen (secondary N) is 1. The van der Waals surface area contributed by atoms with Crippen molar-refractivity contribution in [3.05, 3.63) is 0 Å². The summed E-state index contributed by atoms with van der Waals surface area (Å²) in [5.74, 6) is 0. The quantitative estimate of drug-likeness (QED) is 0.625. The van der Waals surface area contributed by atoms with Gasteiger partial charge in [0.05, 0.1) is 0 Å². The fourth-order valence-electron chi connectivity index (χ4n) is 1.83. The van der Waals surface area contributed by atoms with Gasteiger partial charge in [0.25, 0.3) is 0 Å². The summed E-state index contributed by atoms with van der Waals surface area (Å²) in [6, 6.07) is 0. The van der Waals surface area contributed by atoms with E-state index in [-0.39, 0.29) is 0 Å². The second kappa shape index (κ2) is 5.59. The van der Waals surface area contributed by atoms with Gasteiger partial charge in [0.1, 0.15) is 0 Å². The van der Waals surface area contributed by atoms with Crippen molar-refractivity contribution in [2.75, 3.05) is 6.54 Å². The van der Waals surface area contributed by atoms with Crippen LogP contribution >= 0.6 is 0 Å². The second-order valence-corrected chi connectivity index (χ2v) is 3.59. The zero-order valence-corrected chi connectivity index (χ0v) is 8.54. The second-order valence-electron chi connectivity index (χ2n) is 3.59. The first-order valence-corrected chi connectivity index (χ1v) is 4.93. The first-order valence-electron chi connectivity index (χ1n) is 4.93. The van der Waals surface area contributed by atoms with E-state index in [9.17, 15) is 0 Å². The van der Waals surface area contributed by atoms with Crippen molar-refractivity contribution < 1.29 is 0 Å². The van der Waals surface area contributed by atoms with Crippen LogP contribution in [-0.2, 0) is 0 Å². The van der Waals surface area contributed by atoms with Crippen LogP contribution in [0.25, 0.3) is 0 Å². The Balaban J connectivity index is 3.79. The molecule has 0 aromatic heterocycles. The molecule has 0 aromatic carbocycles. The molecule has 1 heteroatoms. The molecule has 0 unspecified atom stereocenters. The lowest BCUT2D eigenvalue weighted by Crippen LogP contribution is -2.41. The first-order chi connectivity index (χ1) is 5.18. The van der Waals surface area contributed by atoms with Crippen molar-refractivity contribution in [2.24, 2.45) is 0 Å². The third kappa shape index (κ3) is 4.41. The fourth-order valence-corrected chi connectivity index (χ4v) is 1.83. The molecule has 0 aliphatic heterocycles. The maximum absolute atomic E-state index is 3.56. The van der Waals surface area contributed by atoms with Crippen molar-refractivity contribution in [3.63, 3.8) is 0 Å². The van der Waals surface area contributed by atoms with E-state index in [1.54, 1.807) is 0 Å². The van der Waals surface area contributed by atoms with Crippen LogP contribution in [0.5, 0.6) is 0 Å². The molecule has 0 radical (unpaired) electrons. The molecule has 0 aliphatic carbocycles. The Kier molecular flexibility index (Phi) is 5.57. The van der Waals surface area contributed by atoms with Gasteiger partial charge in [-0.25, -0.2) is 0 Å². The Morgan fingerprint density at radius 1 is 1.00 bits per heavy atom. The minimum Gasteiger partial charge on any atom is -0.312 e. The lowest BCUT2D eigenvalue weighted by molar-refractivity contribution is 0.309. The lowest BCUT2D eigenvalue weighted by atomic mass is 9.91. The van der Waals surface area contributed by atoms with Crippen LogP contribution < -0.4 is 5.32 Å². The van der Waals surface area contributed by atoms with Crippen LogP contribution in [0.3, 0.4) is 0 Å². The highest BCUT2D eigenvalue weighted by atomic mass is 14.9. The molecule has 0 amide bonds. The fraction of sp³-hybridized carbons (Fsp3) is 1.00. The normalized spacial score (nSPS) is 12.0. The summed E-state index contributed by atoms with van der Waals surface area (Å²) in [5.41, 5.74) is 0.401. The molecule has 1 N–H and O–H groups in total. The van der Waals surface area contributed by atoms with Gasteiger partial charge >= 0.3 is 0 Å². The maximum atomic E-state index is 3.56. The molecular weight excluding hydrogens is 134 g/mol. The van der Waals surface area contributed by atoms with Crippen LogP contribution in [0.15, 0.2) is 0 Å². The van der Waals surface area contributed by atoms with Gasteiger partial charge in [-0.3, -0.25) is 0 Å². The van der Waals surface area contributed by atoms with E-state index >= 15 is 0 Å². The minimum atomic E-state index is 0.401. The maximum Gasteiger partial charge on any atom is 0.0153 e. The van der Waals surface area contributed by atoms with Crippen molar-refractivity contribution >= 4 is 0 Å². The summed E-state index contributed by atoms with van der Waals surface area (Å²) in [4.78, 5) is 0. The van der Waals surface area contributed by atoms with E-state index in [0.717, 1.165) is 6.54 Å². The van der Waals surface area contributed by atoms with Crippen LogP contribution in [0, 0.1) is 0 Å². The smallest absolute Gasteiger partial charge is 0.0153 e. The van der Waals surface area contributed by atoms with Gasteiger partial charge < -0.3 is 5.32 Å². The zero-order valence-electron chi connectivity index (χ0n) is 8.54. The summed E-state index contributed by atoms with van der Waals surface area (Å²) in [6.45, 7) is 10.1. The molecule has 0 saturated carbocycles.